The van der Waals surface area contributed by atoms with Gasteiger partial charge in [-0.15, -0.1) is 0 Å². The molecule has 0 aliphatic carbocycles. The van der Waals surface area contributed by atoms with Crippen LogP contribution in [0.2, 0.25) is 0 Å². The van der Waals surface area contributed by atoms with E-state index in [-0.39, 0.29) is 12.4 Å². The fraction of sp³-hybridized carbons (Fsp3) is 0.808. The molecule has 9 nitrogen and oxygen atoms in total. The SMILES string of the molecule is CCCCCCCCCCCCCCCC[C@@]1(n2cnc3c(N)ncnc32)O[C@H](CO)[C@@H](O)[C@H]1O. The number of nitrogen functional groups attached to an aromatic ring is 1. The zero-order valence-electron chi connectivity index (χ0n) is 21.3. The second-order valence-electron chi connectivity index (χ2n) is 10.0. The maximum absolute atomic E-state index is 11.0. The number of nitrogens with zero attached hydrogens (tertiary/aromatic N) is 4. The number of anilines is 1. The van der Waals surface area contributed by atoms with Crippen molar-refractivity contribution in [2.45, 2.75) is 127 Å². The molecule has 198 valence electrons. The maximum Gasteiger partial charge on any atom is 0.176 e. The van der Waals surface area contributed by atoms with Crippen LogP contribution in [0, 0.1) is 0 Å². The normalized spacial score (nSPS) is 24.5. The summed E-state index contributed by atoms with van der Waals surface area (Å²) in [5.74, 6) is 0.243. The van der Waals surface area contributed by atoms with Gasteiger partial charge in [0.15, 0.2) is 17.2 Å². The van der Waals surface area contributed by atoms with Gasteiger partial charge in [0.05, 0.1) is 12.9 Å². The minimum atomic E-state index is -1.26. The molecular formula is C26H45N5O4. The van der Waals surface area contributed by atoms with Gasteiger partial charge >= 0.3 is 0 Å². The Kier molecular flexibility index (Phi) is 11.2. The molecule has 3 rings (SSSR count). The Bertz CT molecular complexity index is 879. The quantitative estimate of drug-likeness (QED) is 0.243. The van der Waals surface area contributed by atoms with E-state index < -0.39 is 24.0 Å². The molecule has 0 spiro atoms. The van der Waals surface area contributed by atoms with Gasteiger partial charge in [0.2, 0.25) is 0 Å². The number of aliphatic hydroxyl groups is 3. The third-order valence-electron chi connectivity index (χ3n) is 7.36. The molecule has 0 radical (unpaired) electrons. The van der Waals surface area contributed by atoms with Gasteiger partial charge in [0.25, 0.3) is 0 Å². The second kappa shape index (κ2) is 14.1. The monoisotopic (exact) mass is 491 g/mol. The molecular weight excluding hydrogens is 446 g/mol. The van der Waals surface area contributed by atoms with E-state index in [1.165, 1.54) is 83.3 Å². The Morgan fingerprint density at radius 1 is 0.886 bits per heavy atom. The fourth-order valence-corrected chi connectivity index (χ4v) is 5.25. The van der Waals surface area contributed by atoms with Crippen LogP contribution in [0.5, 0.6) is 0 Å². The van der Waals surface area contributed by atoms with Gasteiger partial charge in [-0.3, -0.25) is 4.57 Å². The zero-order valence-corrected chi connectivity index (χ0v) is 21.3. The topological polar surface area (TPSA) is 140 Å². The highest BCUT2D eigenvalue weighted by Gasteiger charge is 2.55. The van der Waals surface area contributed by atoms with Crippen LogP contribution < -0.4 is 5.73 Å². The van der Waals surface area contributed by atoms with Gasteiger partial charge in [-0.1, -0.05) is 90.4 Å². The number of aromatic nitrogens is 4. The van der Waals surface area contributed by atoms with E-state index >= 15 is 0 Å². The number of aliphatic hydroxyl groups excluding tert-OH is 3. The number of unbranched alkanes of at least 4 members (excludes halogenated alkanes) is 13. The molecule has 9 heteroatoms. The second-order valence-corrected chi connectivity index (χ2v) is 10.0. The summed E-state index contributed by atoms with van der Waals surface area (Å²) in [4.78, 5) is 12.6. The van der Waals surface area contributed by atoms with E-state index in [0.29, 0.717) is 17.6 Å². The standard InChI is InChI=1S/C26H45N5O4/c1-2-3-4-5-6-7-8-9-10-11-12-13-14-15-16-26(23(34)22(33)20(17-32)35-26)31-19-30-21-24(27)28-18-29-25(21)31/h18-20,22-23,32-34H,2-17H2,1H3,(H2,27,28,29)/t20-,22-,23-,26-/m1/s1. The van der Waals surface area contributed by atoms with Crippen LogP contribution in [0.4, 0.5) is 5.82 Å². The predicted molar refractivity (Wildman–Crippen MR) is 137 cm³/mol. The first-order chi connectivity index (χ1) is 17.0. The fourth-order valence-electron chi connectivity index (χ4n) is 5.25. The summed E-state index contributed by atoms with van der Waals surface area (Å²) in [5.41, 5.74) is 5.53. The molecule has 0 unspecified atom stereocenters. The molecule has 0 amide bonds. The highest BCUT2D eigenvalue weighted by atomic mass is 16.6. The third kappa shape index (κ3) is 6.90. The molecule has 3 heterocycles. The van der Waals surface area contributed by atoms with Crippen LogP contribution in [0.25, 0.3) is 11.2 Å². The first kappa shape index (κ1) is 27.8. The Balaban J connectivity index is 1.45. The average molecular weight is 492 g/mol. The van der Waals surface area contributed by atoms with E-state index in [1.54, 1.807) is 4.57 Å². The van der Waals surface area contributed by atoms with Gasteiger partial charge < -0.3 is 25.8 Å². The van der Waals surface area contributed by atoms with Gasteiger partial charge in [0.1, 0.15) is 30.2 Å². The summed E-state index contributed by atoms with van der Waals surface area (Å²) in [5, 5.41) is 31.2. The molecule has 0 saturated carbocycles. The van der Waals surface area contributed by atoms with Crippen molar-refractivity contribution in [3.8, 4) is 0 Å². The van der Waals surface area contributed by atoms with Crippen LogP contribution in [-0.2, 0) is 10.5 Å². The highest BCUT2D eigenvalue weighted by Crippen LogP contribution is 2.41. The smallest absolute Gasteiger partial charge is 0.176 e. The summed E-state index contributed by atoms with van der Waals surface area (Å²) < 4.78 is 7.75. The van der Waals surface area contributed by atoms with E-state index in [2.05, 4.69) is 21.9 Å². The van der Waals surface area contributed by atoms with E-state index in [4.69, 9.17) is 10.5 Å². The Labute approximate surface area is 209 Å². The summed E-state index contributed by atoms with van der Waals surface area (Å²) in [6, 6.07) is 0. The summed E-state index contributed by atoms with van der Waals surface area (Å²) in [7, 11) is 0. The van der Waals surface area contributed by atoms with Gasteiger partial charge in [0, 0.05) is 0 Å². The predicted octanol–water partition coefficient (Wildman–Crippen LogP) is 4.05. The van der Waals surface area contributed by atoms with Crippen molar-refractivity contribution in [3.05, 3.63) is 12.7 Å². The minimum Gasteiger partial charge on any atom is -0.394 e. The molecule has 2 aromatic heterocycles. The molecule has 1 fully saturated rings. The minimum absolute atomic E-state index is 0.243. The molecule has 4 atom stereocenters. The first-order valence-corrected chi connectivity index (χ1v) is 13.6. The first-order valence-electron chi connectivity index (χ1n) is 13.6. The summed E-state index contributed by atoms with van der Waals surface area (Å²) in [6.07, 6.45) is 17.6. The number of hydrogen-bond acceptors (Lipinski definition) is 8. The van der Waals surface area contributed by atoms with Gasteiger partial charge in [-0.2, -0.15) is 0 Å². The number of rotatable bonds is 17. The van der Waals surface area contributed by atoms with E-state index in [9.17, 15) is 15.3 Å². The van der Waals surface area contributed by atoms with Crippen LogP contribution in [0.15, 0.2) is 12.7 Å². The number of hydrogen-bond donors (Lipinski definition) is 4. The van der Waals surface area contributed by atoms with Crippen molar-refractivity contribution in [3.63, 3.8) is 0 Å². The van der Waals surface area contributed by atoms with E-state index in [1.807, 2.05) is 0 Å². The molecule has 1 saturated heterocycles. The Morgan fingerprint density at radius 2 is 1.46 bits per heavy atom. The van der Waals surface area contributed by atoms with Crippen LogP contribution >= 0.6 is 0 Å². The molecule has 0 bridgehead atoms. The molecule has 35 heavy (non-hydrogen) atoms. The van der Waals surface area contributed by atoms with Gasteiger partial charge in [-0.05, 0) is 12.8 Å². The lowest BCUT2D eigenvalue weighted by molar-refractivity contribution is -0.151. The third-order valence-corrected chi connectivity index (χ3v) is 7.36. The lowest BCUT2D eigenvalue weighted by Gasteiger charge is -2.34. The summed E-state index contributed by atoms with van der Waals surface area (Å²) in [6.45, 7) is 1.87. The Hall–Kier alpha value is -1.81. The molecule has 2 aromatic rings. The molecule has 5 N–H and O–H groups in total. The molecule has 1 aliphatic heterocycles. The lowest BCUT2D eigenvalue weighted by atomic mass is 9.95. The largest absolute Gasteiger partial charge is 0.394 e. The highest BCUT2D eigenvalue weighted by molar-refractivity contribution is 5.81. The van der Waals surface area contributed by atoms with Crippen molar-refractivity contribution in [2.75, 3.05) is 12.3 Å². The van der Waals surface area contributed by atoms with Crippen molar-refractivity contribution in [1.29, 1.82) is 0 Å². The van der Waals surface area contributed by atoms with Crippen molar-refractivity contribution in [2.24, 2.45) is 0 Å². The van der Waals surface area contributed by atoms with Crippen molar-refractivity contribution >= 4 is 17.0 Å². The van der Waals surface area contributed by atoms with Crippen LogP contribution in [0.1, 0.15) is 103 Å². The number of ether oxygens (including phenoxy) is 1. The number of nitrogens with two attached hydrogens (primary N) is 1. The van der Waals surface area contributed by atoms with Gasteiger partial charge in [-0.25, -0.2) is 15.0 Å². The van der Waals surface area contributed by atoms with Crippen LogP contribution in [0.3, 0.4) is 0 Å². The van der Waals surface area contributed by atoms with Crippen molar-refractivity contribution in [1.82, 2.24) is 19.5 Å². The Morgan fingerprint density at radius 3 is 2.00 bits per heavy atom. The number of fused-ring (bicyclic) bond motifs is 1. The van der Waals surface area contributed by atoms with E-state index in [0.717, 1.165) is 19.3 Å². The number of imidazole rings is 1. The zero-order chi connectivity index (χ0) is 25.1. The average Bonchev–Trinajstić information content (AvgIpc) is 3.40. The maximum atomic E-state index is 11.0. The molecule has 1 aliphatic rings. The molecule has 0 aromatic carbocycles. The lowest BCUT2D eigenvalue weighted by Crippen LogP contribution is -2.45. The van der Waals surface area contributed by atoms with Crippen molar-refractivity contribution < 1.29 is 20.1 Å². The summed E-state index contributed by atoms with van der Waals surface area (Å²) >= 11 is 0. The van der Waals surface area contributed by atoms with Crippen LogP contribution in [-0.4, -0.2) is 59.8 Å².